The quantitative estimate of drug-likeness (QED) is 0.284. The summed E-state index contributed by atoms with van der Waals surface area (Å²) in [6.45, 7) is 4.42. The molecule has 0 bridgehead atoms. The van der Waals surface area contributed by atoms with Crippen LogP contribution in [-0.4, -0.2) is 66.3 Å². The number of hydrogen-bond acceptors (Lipinski definition) is 6. The Labute approximate surface area is 235 Å². The fraction of sp³-hybridized carbons (Fsp3) is 0.250. The van der Waals surface area contributed by atoms with Gasteiger partial charge >= 0.3 is 0 Å². The van der Waals surface area contributed by atoms with Crippen molar-refractivity contribution in [3.63, 3.8) is 0 Å². The smallest absolute Gasteiger partial charge is 0.257 e. The molecule has 0 aliphatic carbocycles. The van der Waals surface area contributed by atoms with Gasteiger partial charge in [0.25, 0.3) is 11.7 Å². The molecule has 1 fully saturated rings. The number of piperazine rings is 1. The highest BCUT2D eigenvalue weighted by Gasteiger charge is 2.28. The van der Waals surface area contributed by atoms with Gasteiger partial charge in [0.15, 0.2) is 0 Å². The number of carbonyl (C=O) groups is 1. The summed E-state index contributed by atoms with van der Waals surface area (Å²) < 4.78 is 3.56. The molecule has 1 aliphatic rings. The number of rotatable bonds is 6. The van der Waals surface area contributed by atoms with E-state index in [0.29, 0.717) is 53.5 Å². The topological polar surface area (TPSA) is 84.5 Å². The maximum absolute atomic E-state index is 13.6. The highest BCUT2D eigenvalue weighted by molar-refractivity contribution is 6.35. The number of hydrogen-bond donors (Lipinski definition) is 0. The van der Waals surface area contributed by atoms with Crippen LogP contribution in [0.3, 0.4) is 0 Å². The minimum absolute atomic E-state index is 0.00259. The van der Waals surface area contributed by atoms with Crippen molar-refractivity contribution in [3.8, 4) is 16.9 Å². The third kappa shape index (κ3) is 4.84. The highest BCUT2D eigenvalue weighted by atomic mass is 35.5. The van der Waals surface area contributed by atoms with Crippen LogP contribution in [0.4, 0.5) is 5.95 Å². The predicted octanol–water partition coefficient (Wildman–Crippen LogP) is 5.20. The largest absolute Gasteiger partial charge is 0.336 e. The van der Waals surface area contributed by atoms with Gasteiger partial charge in [0.05, 0.1) is 33.9 Å². The number of halogens is 2. The lowest BCUT2D eigenvalue weighted by Crippen LogP contribution is -2.49. The van der Waals surface area contributed by atoms with Crippen molar-refractivity contribution in [1.29, 1.82) is 0 Å². The van der Waals surface area contributed by atoms with E-state index in [0.717, 1.165) is 35.5 Å². The second-order valence-electron chi connectivity index (χ2n) is 9.36. The van der Waals surface area contributed by atoms with Crippen molar-refractivity contribution in [2.24, 2.45) is 0 Å². The molecule has 3 aromatic heterocycles. The summed E-state index contributed by atoms with van der Waals surface area (Å²) in [5.41, 5.74) is 4.06. The van der Waals surface area contributed by atoms with Crippen LogP contribution in [0.2, 0.25) is 10.0 Å². The maximum Gasteiger partial charge on any atom is 0.257 e. The zero-order valence-electron chi connectivity index (χ0n) is 21.3. The third-order valence-electron chi connectivity index (χ3n) is 6.87. The van der Waals surface area contributed by atoms with Gasteiger partial charge in [-0.3, -0.25) is 4.79 Å². The maximum atomic E-state index is 13.6. The van der Waals surface area contributed by atoms with Gasteiger partial charge in [0.1, 0.15) is 0 Å². The molecule has 11 heteroatoms. The van der Waals surface area contributed by atoms with Crippen LogP contribution in [0, 0.1) is 0 Å². The first-order chi connectivity index (χ1) is 19.0. The Morgan fingerprint density at radius 2 is 1.79 bits per heavy atom. The van der Waals surface area contributed by atoms with E-state index in [4.69, 9.17) is 28.3 Å². The molecule has 9 nitrogen and oxygen atoms in total. The number of anilines is 1. The van der Waals surface area contributed by atoms with Crippen LogP contribution < -0.4 is 4.90 Å². The molecule has 0 unspecified atom stereocenters. The summed E-state index contributed by atoms with van der Waals surface area (Å²) in [4.78, 5) is 26.6. The molecule has 0 atom stereocenters. The van der Waals surface area contributed by atoms with E-state index in [1.165, 1.54) is 0 Å². The molecule has 2 aromatic carbocycles. The van der Waals surface area contributed by atoms with Crippen molar-refractivity contribution >= 4 is 40.8 Å². The molecule has 6 rings (SSSR count). The number of nitrogens with zero attached hydrogens (tertiary/aromatic N) is 8. The molecule has 1 aliphatic heterocycles. The molecule has 0 saturated carbocycles. The second kappa shape index (κ2) is 10.7. The van der Waals surface area contributed by atoms with E-state index in [-0.39, 0.29) is 5.91 Å². The highest BCUT2D eigenvalue weighted by Crippen LogP contribution is 2.31. The van der Waals surface area contributed by atoms with Gasteiger partial charge in [-0.05, 0) is 42.8 Å². The Bertz CT molecular complexity index is 1640. The Balaban J connectivity index is 1.21. The fourth-order valence-electron chi connectivity index (χ4n) is 4.92. The molecule has 5 aromatic rings. The average Bonchev–Trinajstić information content (AvgIpc) is 3.59. The first kappa shape index (κ1) is 25.3. The van der Waals surface area contributed by atoms with E-state index >= 15 is 0 Å². The number of amides is 1. The van der Waals surface area contributed by atoms with E-state index in [2.05, 4.69) is 26.9 Å². The second-order valence-corrected chi connectivity index (χ2v) is 10.2. The zero-order valence-corrected chi connectivity index (χ0v) is 22.8. The van der Waals surface area contributed by atoms with Gasteiger partial charge in [-0.25, -0.2) is 9.67 Å². The van der Waals surface area contributed by atoms with Crippen LogP contribution in [0.15, 0.2) is 67.0 Å². The minimum Gasteiger partial charge on any atom is -0.336 e. The molecule has 0 radical (unpaired) electrons. The van der Waals surface area contributed by atoms with Crippen LogP contribution in [0.1, 0.15) is 29.4 Å². The molecular weight excluding hydrogens is 535 g/mol. The monoisotopic (exact) mass is 560 g/mol. The molecular formula is C28H26Cl2N8O. The molecule has 1 amide bonds. The number of fused-ring (bicyclic) bond motifs is 1. The van der Waals surface area contributed by atoms with Crippen molar-refractivity contribution in [1.82, 2.24) is 34.3 Å². The first-order valence-electron chi connectivity index (χ1n) is 12.9. The summed E-state index contributed by atoms with van der Waals surface area (Å²) in [7, 11) is 0. The number of benzene rings is 2. The van der Waals surface area contributed by atoms with Crippen molar-refractivity contribution < 1.29 is 4.79 Å². The van der Waals surface area contributed by atoms with Crippen LogP contribution in [0.25, 0.3) is 22.7 Å². The molecule has 1 saturated heterocycles. The Kier molecular flexibility index (Phi) is 6.93. The molecule has 39 heavy (non-hydrogen) atoms. The lowest BCUT2D eigenvalue weighted by atomic mass is 10.1. The van der Waals surface area contributed by atoms with Crippen molar-refractivity contribution in [2.45, 2.75) is 19.8 Å². The predicted molar refractivity (Wildman–Crippen MR) is 152 cm³/mol. The Morgan fingerprint density at radius 3 is 2.56 bits per heavy atom. The summed E-state index contributed by atoms with van der Waals surface area (Å²) in [5.74, 6) is 1.03. The summed E-state index contributed by atoms with van der Waals surface area (Å²) >= 11 is 12.7. The third-order valence-corrected chi connectivity index (χ3v) is 7.44. The number of carbonyl (C=O) groups excluding carboxylic acids is 1. The zero-order chi connectivity index (χ0) is 26.9. The van der Waals surface area contributed by atoms with Crippen molar-refractivity contribution in [2.75, 3.05) is 31.1 Å². The van der Waals surface area contributed by atoms with E-state index < -0.39 is 0 Å². The summed E-state index contributed by atoms with van der Waals surface area (Å²) in [6, 6.07) is 17.1. The van der Waals surface area contributed by atoms with Crippen LogP contribution >= 0.6 is 23.2 Å². The van der Waals surface area contributed by atoms with Crippen LogP contribution in [0.5, 0.6) is 0 Å². The fourth-order valence-corrected chi connectivity index (χ4v) is 5.30. The van der Waals surface area contributed by atoms with Gasteiger partial charge in [0, 0.05) is 43.0 Å². The van der Waals surface area contributed by atoms with Crippen molar-refractivity contribution in [3.05, 3.63) is 88.3 Å². The average molecular weight is 561 g/mol. The van der Waals surface area contributed by atoms with E-state index in [1.807, 2.05) is 46.0 Å². The molecule has 198 valence electrons. The van der Waals surface area contributed by atoms with Gasteiger partial charge < -0.3 is 9.80 Å². The van der Waals surface area contributed by atoms with Gasteiger partial charge in [-0.2, -0.15) is 14.6 Å². The summed E-state index contributed by atoms with van der Waals surface area (Å²) in [6.07, 6.45) is 5.07. The molecule has 0 N–H and O–H groups in total. The standard InChI is InChI=1S/C28H26Cl2N8O/c1-2-6-24-22(18-32-37(24)20-7-4-3-5-8-20)26(39)35-13-15-36(16-14-35)28-33-27-31-12-11-25(38(27)34-28)21-17-19(29)9-10-23(21)30/h3-5,7-12,17-18H,2,6,13-16H2,1H3. The lowest BCUT2D eigenvalue weighted by molar-refractivity contribution is 0.0745. The van der Waals surface area contributed by atoms with E-state index in [1.54, 1.807) is 35.1 Å². The van der Waals surface area contributed by atoms with Gasteiger partial charge in [0.2, 0.25) is 5.95 Å². The van der Waals surface area contributed by atoms with Crippen LogP contribution in [-0.2, 0) is 6.42 Å². The summed E-state index contributed by atoms with van der Waals surface area (Å²) in [5, 5.41) is 10.4. The van der Waals surface area contributed by atoms with Gasteiger partial charge in [-0.15, -0.1) is 5.10 Å². The van der Waals surface area contributed by atoms with Gasteiger partial charge in [-0.1, -0.05) is 54.7 Å². The first-order valence-corrected chi connectivity index (χ1v) is 13.6. The molecule has 0 spiro atoms. The van der Waals surface area contributed by atoms with E-state index in [9.17, 15) is 4.79 Å². The SMILES string of the molecule is CCCc1c(C(=O)N2CCN(c3nc4nccc(-c5cc(Cl)ccc5Cl)n4n3)CC2)cnn1-c1ccccc1. The number of aromatic nitrogens is 6. The normalized spacial score (nSPS) is 13.8. The number of para-hydroxylation sites is 1. The Hall–Kier alpha value is -3.95. The Morgan fingerprint density at radius 1 is 1.00 bits per heavy atom. The lowest BCUT2D eigenvalue weighted by Gasteiger charge is -2.34. The molecule has 4 heterocycles. The minimum atomic E-state index is 0.00259.